The van der Waals surface area contributed by atoms with E-state index in [0.717, 1.165) is 12.8 Å². The molecule has 0 saturated heterocycles. The van der Waals surface area contributed by atoms with Gasteiger partial charge in [-0.2, -0.15) is 0 Å². The highest BCUT2D eigenvalue weighted by Gasteiger charge is 2.44. The largest absolute Gasteiger partial charge is 0.341 e. The number of hydrogen-bond donors (Lipinski definition) is 1. The minimum absolute atomic E-state index is 0.0339. The Morgan fingerprint density at radius 2 is 1.68 bits per heavy atom. The highest BCUT2D eigenvalue weighted by Crippen LogP contribution is 2.46. The van der Waals surface area contributed by atoms with Crippen molar-refractivity contribution < 1.29 is 14.2 Å². The molecule has 1 aromatic heterocycles. The molecule has 2 amide bonds. The standard InChI is InChI=1S/C17H27N5O3/c1-10-16(20-25-19-10)17(24)18-9-15(23)22(4)14-7-11-5-13(21(2)3)6-12(11)8-14/h11-14H,5-9H2,1-4H3,(H,18,24)/t11-,12+,13?,14?. The minimum Gasteiger partial charge on any atom is -0.341 e. The molecule has 0 bridgehead atoms. The summed E-state index contributed by atoms with van der Waals surface area (Å²) in [5.74, 6) is 0.923. The number of amides is 2. The van der Waals surface area contributed by atoms with Crippen molar-refractivity contribution in [2.75, 3.05) is 27.7 Å². The third-order valence-corrected chi connectivity index (χ3v) is 5.91. The molecule has 0 radical (unpaired) electrons. The van der Waals surface area contributed by atoms with Gasteiger partial charge in [-0.25, -0.2) is 4.63 Å². The summed E-state index contributed by atoms with van der Waals surface area (Å²) in [6, 6.07) is 0.952. The zero-order chi connectivity index (χ0) is 18.1. The van der Waals surface area contributed by atoms with E-state index < -0.39 is 5.91 Å². The average Bonchev–Trinajstić information content (AvgIpc) is 3.25. The molecule has 1 heterocycles. The topological polar surface area (TPSA) is 91.6 Å². The van der Waals surface area contributed by atoms with Gasteiger partial charge in [-0.15, -0.1) is 0 Å². The van der Waals surface area contributed by atoms with E-state index in [1.165, 1.54) is 12.8 Å². The normalized spacial score (nSPS) is 28.2. The second-order valence-corrected chi connectivity index (χ2v) is 7.62. The molecule has 2 aliphatic rings. The lowest BCUT2D eigenvalue weighted by molar-refractivity contribution is -0.130. The number of rotatable bonds is 5. The molecule has 8 heteroatoms. The highest BCUT2D eigenvalue weighted by atomic mass is 16.6. The van der Waals surface area contributed by atoms with Crippen molar-refractivity contribution >= 4 is 11.8 Å². The molecule has 3 rings (SSSR count). The summed E-state index contributed by atoms with van der Waals surface area (Å²) >= 11 is 0. The quantitative estimate of drug-likeness (QED) is 0.841. The fourth-order valence-electron chi connectivity index (χ4n) is 4.30. The van der Waals surface area contributed by atoms with Gasteiger partial charge in [-0.3, -0.25) is 9.59 Å². The summed E-state index contributed by atoms with van der Waals surface area (Å²) in [6.45, 7) is 1.60. The minimum atomic E-state index is -0.433. The Bertz CT molecular complexity index is 630. The average molecular weight is 349 g/mol. The number of likely N-dealkylation sites (N-methyl/N-ethyl adjacent to an activating group) is 1. The van der Waals surface area contributed by atoms with Crippen LogP contribution in [0.1, 0.15) is 41.9 Å². The molecule has 0 aromatic carbocycles. The summed E-state index contributed by atoms with van der Waals surface area (Å²) in [6.07, 6.45) is 4.59. The molecular weight excluding hydrogens is 322 g/mol. The Morgan fingerprint density at radius 1 is 1.08 bits per heavy atom. The lowest BCUT2D eigenvalue weighted by atomic mass is 10.0. The van der Waals surface area contributed by atoms with Gasteiger partial charge >= 0.3 is 0 Å². The molecule has 8 nitrogen and oxygen atoms in total. The van der Waals surface area contributed by atoms with Crippen LogP contribution in [0.4, 0.5) is 0 Å². The van der Waals surface area contributed by atoms with E-state index in [9.17, 15) is 9.59 Å². The first-order valence-electron chi connectivity index (χ1n) is 8.86. The van der Waals surface area contributed by atoms with Crippen molar-refractivity contribution in [2.45, 2.75) is 44.7 Å². The molecule has 1 aromatic rings. The number of fused-ring (bicyclic) bond motifs is 1. The maximum atomic E-state index is 12.4. The van der Waals surface area contributed by atoms with Crippen molar-refractivity contribution in [2.24, 2.45) is 11.8 Å². The van der Waals surface area contributed by atoms with Crippen molar-refractivity contribution in [3.63, 3.8) is 0 Å². The fourth-order valence-corrected chi connectivity index (χ4v) is 4.30. The van der Waals surface area contributed by atoms with E-state index in [1.54, 1.807) is 11.8 Å². The van der Waals surface area contributed by atoms with Crippen LogP contribution < -0.4 is 5.32 Å². The first-order valence-corrected chi connectivity index (χ1v) is 8.86. The first-order chi connectivity index (χ1) is 11.9. The van der Waals surface area contributed by atoms with Gasteiger partial charge in [0.1, 0.15) is 5.69 Å². The molecular formula is C17H27N5O3. The molecule has 1 N–H and O–H groups in total. The zero-order valence-electron chi connectivity index (χ0n) is 15.4. The first kappa shape index (κ1) is 17.8. The predicted molar refractivity (Wildman–Crippen MR) is 90.8 cm³/mol. The van der Waals surface area contributed by atoms with Crippen LogP contribution in [-0.2, 0) is 4.79 Å². The van der Waals surface area contributed by atoms with Gasteiger partial charge in [0.05, 0.1) is 6.54 Å². The number of aromatic nitrogens is 2. The third kappa shape index (κ3) is 3.68. The molecule has 25 heavy (non-hydrogen) atoms. The van der Waals surface area contributed by atoms with Crippen LogP contribution >= 0.6 is 0 Å². The van der Waals surface area contributed by atoms with Gasteiger partial charge in [0.15, 0.2) is 5.69 Å². The molecule has 2 saturated carbocycles. The maximum absolute atomic E-state index is 12.4. The number of hydrogen-bond acceptors (Lipinski definition) is 6. The lowest BCUT2D eigenvalue weighted by Crippen LogP contribution is -2.43. The Labute approximate surface area is 147 Å². The third-order valence-electron chi connectivity index (χ3n) is 5.91. The summed E-state index contributed by atoms with van der Waals surface area (Å²) in [4.78, 5) is 28.5. The molecule has 2 aliphatic carbocycles. The van der Waals surface area contributed by atoms with Gasteiger partial charge in [0.2, 0.25) is 5.91 Å². The molecule has 138 valence electrons. The molecule has 0 spiro atoms. The van der Waals surface area contributed by atoms with Gasteiger partial charge < -0.3 is 15.1 Å². The van der Waals surface area contributed by atoms with Crippen LogP contribution in [0.3, 0.4) is 0 Å². The van der Waals surface area contributed by atoms with E-state index in [4.69, 9.17) is 0 Å². The second-order valence-electron chi connectivity index (χ2n) is 7.62. The Kier molecular flexibility index (Phi) is 5.08. The van der Waals surface area contributed by atoms with Gasteiger partial charge in [0, 0.05) is 19.1 Å². The van der Waals surface area contributed by atoms with Crippen LogP contribution in [-0.4, -0.2) is 71.7 Å². The summed E-state index contributed by atoms with van der Waals surface area (Å²) in [5, 5.41) is 9.72. The molecule has 2 fully saturated rings. The number of aryl methyl sites for hydroxylation is 1. The van der Waals surface area contributed by atoms with Crippen LogP contribution in [0, 0.1) is 18.8 Å². The van der Waals surface area contributed by atoms with Crippen LogP contribution in [0.25, 0.3) is 0 Å². The van der Waals surface area contributed by atoms with E-state index >= 15 is 0 Å². The maximum Gasteiger partial charge on any atom is 0.275 e. The fraction of sp³-hybridized carbons (Fsp3) is 0.765. The van der Waals surface area contributed by atoms with E-state index in [-0.39, 0.29) is 24.2 Å². The Balaban J connectivity index is 1.48. The smallest absolute Gasteiger partial charge is 0.275 e. The van der Waals surface area contributed by atoms with E-state index in [0.29, 0.717) is 23.6 Å². The monoisotopic (exact) mass is 349 g/mol. The van der Waals surface area contributed by atoms with Crippen molar-refractivity contribution in [3.05, 3.63) is 11.4 Å². The Morgan fingerprint density at radius 3 is 2.20 bits per heavy atom. The zero-order valence-corrected chi connectivity index (χ0v) is 15.4. The number of nitrogens with zero attached hydrogens (tertiary/aromatic N) is 4. The summed E-state index contributed by atoms with van der Waals surface area (Å²) < 4.78 is 4.51. The van der Waals surface area contributed by atoms with Gasteiger partial charge in [0.25, 0.3) is 5.91 Å². The number of nitrogens with one attached hydrogen (secondary N) is 1. The van der Waals surface area contributed by atoms with Gasteiger partial charge in [-0.1, -0.05) is 5.16 Å². The van der Waals surface area contributed by atoms with Crippen molar-refractivity contribution in [1.29, 1.82) is 0 Å². The van der Waals surface area contributed by atoms with Crippen LogP contribution in [0.2, 0.25) is 0 Å². The van der Waals surface area contributed by atoms with Gasteiger partial charge in [-0.05, 0) is 63.7 Å². The second kappa shape index (κ2) is 7.11. The predicted octanol–water partition coefficient (Wildman–Crippen LogP) is 0.685. The number of carbonyl (C=O) groups is 2. The Hall–Kier alpha value is -1.96. The number of carbonyl (C=O) groups excluding carboxylic acids is 2. The molecule has 4 atom stereocenters. The van der Waals surface area contributed by atoms with Crippen LogP contribution in [0.15, 0.2) is 4.63 Å². The molecule has 0 aliphatic heterocycles. The summed E-state index contributed by atoms with van der Waals surface area (Å²) in [5.41, 5.74) is 0.540. The van der Waals surface area contributed by atoms with Crippen LogP contribution in [0.5, 0.6) is 0 Å². The summed E-state index contributed by atoms with van der Waals surface area (Å²) in [7, 11) is 6.13. The highest BCUT2D eigenvalue weighted by molar-refractivity contribution is 5.95. The SMILES string of the molecule is Cc1nonc1C(=O)NCC(=O)N(C)C1C[C@H]2CC(N(C)C)C[C@H]2C1. The van der Waals surface area contributed by atoms with Crippen molar-refractivity contribution in [3.8, 4) is 0 Å². The lowest BCUT2D eigenvalue weighted by Gasteiger charge is -2.27. The van der Waals surface area contributed by atoms with E-state index in [2.05, 4.69) is 39.3 Å². The molecule has 2 unspecified atom stereocenters. The van der Waals surface area contributed by atoms with E-state index in [1.807, 2.05) is 7.05 Å². The van der Waals surface area contributed by atoms with Crippen molar-refractivity contribution in [1.82, 2.24) is 25.4 Å².